The summed E-state index contributed by atoms with van der Waals surface area (Å²) in [6.07, 6.45) is 0. The zero-order valence-corrected chi connectivity index (χ0v) is 30.6. The van der Waals surface area contributed by atoms with E-state index in [0.717, 1.165) is 55.7 Å². The molecule has 0 N–H and O–H groups in total. The van der Waals surface area contributed by atoms with Crippen LogP contribution in [0.25, 0.3) is 87.6 Å². The first-order valence-corrected chi connectivity index (χ1v) is 19.2. The van der Waals surface area contributed by atoms with Crippen LogP contribution in [0.5, 0.6) is 0 Å². The van der Waals surface area contributed by atoms with Gasteiger partial charge in [0, 0.05) is 33.3 Å². The van der Waals surface area contributed by atoms with Crippen LogP contribution < -0.4 is 4.90 Å². The van der Waals surface area contributed by atoms with Crippen molar-refractivity contribution in [3.63, 3.8) is 0 Å². The van der Waals surface area contributed by atoms with E-state index in [4.69, 9.17) is 4.42 Å². The predicted octanol–water partition coefficient (Wildman–Crippen LogP) is 15.5. The van der Waals surface area contributed by atoms with Gasteiger partial charge in [-0.3, -0.25) is 0 Å². The van der Waals surface area contributed by atoms with Crippen molar-refractivity contribution in [2.75, 3.05) is 4.90 Å². The third-order valence-electron chi connectivity index (χ3n) is 11.2. The highest BCUT2D eigenvalue weighted by molar-refractivity contribution is 6.14. The zero-order valence-electron chi connectivity index (χ0n) is 30.6. The van der Waals surface area contributed by atoms with Gasteiger partial charge in [-0.15, -0.1) is 0 Å². The molecule has 0 radical (unpaired) electrons. The molecule has 2 heteroatoms. The Balaban J connectivity index is 1.10. The number of para-hydroxylation sites is 3. The van der Waals surface area contributed by atoms with Crippen LogP contribution in [0.4, 0.5) is 17.1 Å². The molecule has 2 nitrogen and oxygen atoms in total. The summed E-state index contributed by atoms with van der Waals surface area (Å²) < 4.78 is 6.45. The van der Waals surface area contributed by atoms with Gasteiger partial charge in [0.25, 0.3) is 0 Å². The first kappa shape index (κ1) is 32.0. The fraction of sp³-hybridized carbons (Fsp3) is 0. The molecule has 1 aromatic heterocycles. The second-order valence-electron chi connectivity index (χ2n) is 14.5. The van der Waals surface area contributed by atoms with Crippen molar-refractivity contribution in [3.05, 3.63) is 212 Å². The lowest BCUT2D eigenvalue weighted by Gasteiger charge is -2.28. The summed E-state index contributed by atoms with van der Waals surface area (Å²) in [5.41, 5.74) is 12.0. The Morgan fingerprint density at radius 2 is 0.929 bits per heavy atom. The number of anilines is 3. The maximum atomic E-state index is 6.45. The normalized spacial score (nSPS) is 11.6. The minimum atomic E-state index is 0.905. The lowest BCUT2D eigenvalue weighted by atomic mass is 9.93. The molecule has 10 aromatic carbocycles. The van der Waals surface area contributed by atoms with E-state index in [0.29, 0.717) is 0 Å². The summed E-state index contributed by atoms with van der Waals surface area (Å²) in [5.74, 6) is 0. The van der Waals surface area contributed by atoms with Crippen molar-refractivity contribution in [2.24, 2.45) is 0 Å². The second-order valence-corrected chi connectivity index (χ2v) is 14.5. The lowest BCUT2D eigenvalue weighted by molar-refractivity contribution is 0.670. The summed E-state index contributed by atoms with van der Waals surface area (Å²) in [6, 6.07) is 76.6. The van der Waals surface area contributed by atoms with Crippen molar-refractivity contribution in [1.82, 2.24) is 0 Å². The largest absolute Gasteiger partial charge is 0.455 e. The number of rotatable bonds is 6. The van der Waals surface area contributed by atoms with E-state index in [2.05, 4.69) is 205 Å². The Labute approximate surface area is 325 Å². The quantitative estimate of drug-likeness (QED) is 0.160. The molecule has 0 spiro atoms. The van der Waals surface area contributed by atoms with Crippen LogP contribution >= 0.6 is 0 Å². The van der Waals surface area contributed by atoms with E-state index >= 15 is 0 Å². The summed E-state index contributed by atoms with van der Waals surface area (Å²) in [4.78, 5) is 2.41. The average Bonchev–Trinajstić information content (AvgIpc) is 3.66. The van der Waals surface area contributed by atoms with E-state index < -0.39 is 0 Å². The molecule has 0 saturated heterocycles. The molecule has 11 aromatic rings. The molecule has 0 aliphatic heterocycles. The summed E-state index contributed by atoms with van der Waals surface area (Å²) in [6.45, 7) is 0. The Morgan fingerprint density at radius 1 is 0.304 bits per heavy atom. The third-order valence-corrected chi connectivity index (χ3v) is 11.2. The molecule has 0 bridgehead atoms. The van der Waals surface area contributed by atoms with Gasteiger partial charge in [0.1, 0.15) is 11.2 Å². The Hall–Kier alpha value is -7.42. The highest BCUT2D eigenvalue weighted by atomic mass is 16.3. The van der Waals surface area contributed by atoms with E-state index in [1.165, 1.54) is 49.0 Å². The second kappa shape index (κ2) is 13.2. The van der Waals surface area contributed by atoms with Gasteiger partial charge in [-0.1, -0.05) is 164 Å². The number of fused-ring (bicyclic) bond motifs is 7. The molecule has 0 amide bonds. The number of nitrogens with zero attached hydrogens (tertiary/aromatic N) is 1. The minimum absolute atomic E-state index is 0.905. The van der Waals surface area contributed by atoms with E-state index in [-0.39, 0.29) is 0 Å². The summed E-state index contributed by atoms with van der Waals surface area (Å²) in [7, 11) is 0. The molecule has 0 unspecified atom stereocenters. The van der Waals surface area contributed by atoms with Gasteiger partial charge in [-0.25, -0.2) is 0 Å². The van der Waals surface area contributed by atoms with Crippen LogP contribution in [0.2, 0.25) is 0 Å². The van der Waals surface area contributed by atoms with Gasteiger partial charge in [0.15, 0.2) is 0 Å². The fourth-order valence-corrected chi connectivity index (χ4v) is 8.57. The molecule has 0 fully saturated rings. The van der Waals surface area contributed by atoms with Gasteiger partial charge in [0.05, 0.1) is 5.69 Å². The topological polar surface area (TPSA) is 16.4 Å². The maximum absolute atomic E-state index is 6.45. The van der Waals surface area contributed by atoms with Crippen molar-refractivity contribution >= 4 is 71.3 Å². The molecule has 11 rings (SSSR count). The number of furan rings is 1. The molecular weight excluding hydrogens is 679 g/mol. The Bertz CT molecular complexity index is 3260. The number of hydrogen-bond acceptors (Lipinski definition) is 2. The predicted molar refractivity (Wildman–Crippen MR) is 237 cm³/mol. The average molecular weight is 714 g/mol. The van der Waals surface area contributed by atoms with Gasteiger partial charge in [-0.2, -0.15) is 0 Å². The Morgan fingerprint density at radius 3 is 1.80 bits per heavy atom. The van der Waals surface area contributed by atoms with E-state index in [1.54, 1.807) is 0 Å². The first-order chi connectivity index (χ1) is 27.8. The molecule has 0 atom stereocenters. The lowest BCUT2D eigenvalue weighted by Crippen LogP contribution is -2.11. The fourth-order valence-electron chi connectivity index (χ4n) is 8.57. The van der Waals surface area contributed by atoms with Crippen LogP contribution in [0, 0.1) is 0 Å². The smallest absolute Gasteiger partial charge is 0.143 e. The highest BCUT2D eigenvalue weighted by Crippen LogP contribution is 2.44. The number of hydrogen-bond donors (Lipinski definition) is 0. The SMILES string of the molecule is c1cc(-c2cc3ccccc3c3ccccc23)cc(N(c2ccc(-c3cccc4c3oc3ccccc34)cc2)c2ccccc2-c2ccc3ccccc3c2)c1. The molecule has 0 aliphatic rings. The van der Waals surface area contributed by atoms with Gasteiger partial charge in [-0.05, 0) is 103 Å². The standard InChI is InChI=1S/C54H35NO/c1-2-14-38-33-41(28-27-36(38)13-1)45-19-7-9-25-52(45)55(42-31-29-37(30-32-42)46-23-12-24-50-49-22-8-10-26-53(49)56-54(46)50)43-17-11-16-39(34-43)51-35-40-15-3-4-18-44(40)47-20-5-6-21-48(47)51/h1-35H. The van der Waals surface area contributed by atoms with Crippen molar-refractivity contribution in [1.29, 1.82) is 0 Å². The molecule has 1 heterocycles. The van der Waals surface area contributed by atoms with Gasteiger partial charge in [0.2, 0.25) is 0 Å². The summed E-state index contributed by atoms with van der Waals surface area (Å²) in [5, 5.41) is 9.74. The number of benzene rings is 10. The van der Waals surface area contributed by atoms with Crippen LogP contribution in [0.1, 0.15) is 0 Å². The van der Waals surface area contributed by atoms with Crippen LogP contribution in [0.3, 0.4) is 0 Å². The van der Waals surface area contributed by atoms with Crippen LogP contribution in [0.15, 0.2) is 217 Å². The van der Waals surface area contributed by atoms with Crippen molar-refractivity contribution in [3.8, 4) is 33.4 Å². The van der Waals surface area contributed by atoms with Crippen molar-refractivity contribution < 1.29 is 4.42 Å². The molecule has 56 heavy (non-hydrogen) atoms. The third kappa shape index (κ3) is 5.34. The van der Waals surface area contributed by atoms with Gasteiger partial charge < -0.3 is 9.32 Å². The maximum Gasteiger partial charge on any atom is 0.143 e. The van der Waals surface area contributed by atoms with Crippen molar-refractivity contribution in [2.45, 2.75) is 0 Å². The zero-order chi connectivity index (χ0) is 37.0. The minimum Gasteiger partial charge on any atom is -0.455 e. The molecule has 262 valence electrons. The molecular formula is C54H35NO. The molecule has 0 saturated carbocycles. The highest BCUT2D eigenvalue weighted by Gasteiger charge is 2.20. The van der Waals surface area contributed by atoms with E-state index in [1.807, 2.05) is 12.1 Å². The monoisotopic (exact) mass is 713 g/mol. The van der Waals surface area contributed by atoms with Crippen LogP contribution in [-0.2, 0) is 0 Å². The molecule has 0 aliphatic carbocycles. The van der Waals surface area contributed by atoms with Crippen LogP contribution in [-0.4, -0.2) is 0 Å². The summed E-state index contributed by atoms with van der Waals surface area (Å²) >= 11 is 0. The van der Waals surface area contributed by atoms with E-state index in [9.17, 15) is 0 Å². The Kier molecular flexibility index (Phi) is 7.53. The first-order valence-electron chi connectivity index (χ1n) is 19.2. The van der Waals surface area contributed by atoms with Gasteiger partial charge >= 0.3 is 0 Å².